The molecule has 1 rings (SSSR count). The lowest BCUT2D eigenvalue weighted by Crippen LogP contribution is -2.30. The third-order valence-electron chi connectivity index (χ3n) is 2.24. The van der Waals surface area contributed by atoms with E-state index in [2.05, 4.69) is 0 Å². The van der Waals surface area contributed by atoms with Crippen LogP contribution in [0.1, 0.15) is 26.3 Å². The molecule has 2 nitrogen and oxygen atoms in total. The molecule has 17 heavy (non-hydrogen) atoms. The summed E-state index contributed by atoms with van der Waals surface area (Å²) in [6.45, 7) is 5.83. The van der Waals surface area contributed by atoms with Crippen LogP contribution < -0.4 is 5.32 Å². The molecule has 0 aliphatic heterocycles. The van der Waals surface area contributed by atoms with E-state index in [1.165, 1.54) is 6.07 Å². The van der Waals surface area contributed by atoms with Crippen LogP contribution in [0.25, 0.3) is 0 Å². The first kappa shape index (κ1) is 13.5. The first-order valence-corrected chi connectivity index (χ1v) is 5.09. The second-order valence-electron chi connectivity index (χ2n) is 4.78. The number of carbonyl (C=O) groups is 1. The van der Waals surface area contributed by atoms with Gasteiger partial charge in [-0.25, -0.2) is 0 Å². The van der Waals surface area contributed by atoms with E-state index in [9.17, 15) is 18.0 Å². The summed E-state index contributed by atoms with van der Waals surface area (Å²) in [7, 11) is 0. The largest absolute Gasteiger partial charge is 0.471 e. The molecule has 0 unspecified atom stereocenters. The van der Waals surface area contributed by atoms with E-state index in [1.807, 2.05) is 32.2 Å². The van der Waals surface area contributed by atoms with Gasteiger partial charge >= 0.3 is 12.1 Å². The van der Waals surface area contributed by atoms with Crippen LogP contribution in [0.2, 0.25) is 0 Å². The lowest BCUT2D eigenvalue weighted by atomic mass is 9.87. The summed E-state index contributed by atoms with van der Waals surface area (Å²) >= 11 is 0. The van der Waals surface area contributed by atoms with Gasteiger partial charge in [0.15, 0.2) is 0 Å². The van der Waals surface area contributed by atoms with Gasteiger partial charge in [0, 0.05) is 5.69 Å². The Morgan fingerprint density at radius 3 is 2.24 bits per heavy atom. The zero-order valence-electron chi connectivity index (χ0n) is 9.85. The first-order chi connectivity index (χ1) is 7.60. The van der Waals surface area contributed by atoms with Crippen LogP contribution in [0.5, 0.6) is 0 Å². The summed E-state index contributed by atoms with van der Waals surface area (Å²) in [6, 6.07) is 6.40. The highest BCUT2D eigenvalue weighted by molar-refractivity contribution is 5.94. The smallest absolute Gasteiger partial charge is 0.318 e. The minimum Gasteiger partial charge on any atom is -0.318 e. The number of halogens is 3. The number of amides is 1. The molecule has 0 radical (unpaired) electrons. The lowest BCUT2D eigenvalue weighted by molar-refractivity contribution is -0.167. The summed E-state index contributed by atoms with van der Waals surface area (Å²) in [5.41, 5.74) is 0.830. The van der Waals surface area contributed by atoms with Gasteiger partial charge in [0.1, 0.15) is 0 Å². The Morgan fingerprint density at radius 1 is 1.18 bits per heavy atom. The number of hydrogen-bond acceptors (Lipinski definition) is 1. The maximum Gasteiger partial charge on any atom is 0.471 e. The molecule has 0 aliphatic rings. The second-order valence-corrected chi connectivity index (χ2v) is 4.78. The van der Waals surface area contributed by atoms with E-state index < -0.39 is 12.1 Å². The molecule has 0 fully saturated rings. The molecule has 0 aromatic heterocycles. The Hall–Kier alpha value is -1.52. The molecule has 1 aromatic carbocycles. The molecular weight excluding hydrogens is 231 g/mol. The predicted molar refractivity (Wildman–Crippen MR) is 59.8 cm³/mol. The third kappa shape index (κ3) is 3.76. The second kappa shape index (κ2) is 4.39. The minimum absolute atomic E-state index is 0.153. The van der Waals surface area contributed by atoms with Gasteiger partial charge in [0.05, 0.1) is 0 Å². The van der Waals surface area contributed by atoms with Crippen molar-refractivity contribution in [3.63, 3.8) is 0 Å². The SMILES string of the molecule is CC(C)(C)c1cccc(NC(=O)C(F)(F)F)c1. The van der Waals surface area contributed by atoms with Gasteiger partial charge in [0.2, 0.25) is 0 Å². The lowest BCUT2D eigenvalue weighted by Gasteiger charge is -2.20. The molecule has 0 saturated carbocycles. The molecule has 0 spiro atoms. The van der Waals surface area contributed by atoms with Crippen molar-refractivity contribution in [1.29, 1.82) is 0 Å². The quantitative estimate of drug-likeness (QED) is 0.806. The van der Waals surface area contributed by atoms with Crippen molar-refractivity contribution < 1.29 is 18.0 Å². The number of rotatable bonds is 1. The predicted octanol–water partition coefficient (Wildman–Crippen LogP) is 3.48. The van der Waals surface area contributed by atoms with Gasteiger partial charge in [0.25, 0.3) is 0 Å². The molecule has 0 bridgehead atoms. The molecule has 1 N–H and O–H groups in total. The van der Waals surface area contributed by atoms with Crippen molar-refractivity contribution in [2.24, 2.45) is 0 Å². The van der Waals surface area contributed by atoms with Crippen molar-refractivity contribution in [2.45, 2.75) is 32.4 Å². The van der Waals surface area contributed by atoms with Gasteiger partial charge in [-0.1, -0.05) is 32.9 Å². The molecule has 94 valence electrons. The standard InChI is InChI=1S/C12H14F3NO/c1-11(2,3)8-5-4-6-9(7-8)16-10(17)12(13,14)15/h4-7H,1-3H3,(H,16,17). The summed E-state index contributed by atoms with van der Waals surface area (Å²) < 4.78 is 36.2. The zero-order chi connectivity index (χ0) is 13.3. The van der Waals surface area contributed by atoms with Crippen LogP contribution in [0.15, 0.2) is 24.3 Å². The maximum atomic E-state index is 12.1. The Bertz CT molecular complexity index is 418. The van der Waals surface area contributed by atoms with E-state index in [0.29, 0.717) is 0 Å². The van der Waals surface area contributed by atoms with Crippen LogP contribution >= 0.6 is 0 Å². The minimum atomic E-state index is -4.86. The Kier molecular flexibility index (Phi) is 3.50. The Balaban J connectivity index is 2.91. The highest BCUT2D eigenvalue weighted by Crippen LogP contribution is 2.25. The number of alkyl halides is 3. The average Bonchev–Trinajstić information content (AvgIpc) is 2.15. The molecule has 0 heterocycles. The molecule has 0 saturated heterocycles. The summed E-state index contributed by atoms with van der Waals surface area (Å²) in [5, 5.41) is 1.83. The first-order valence-electron chi connectivity index (χ1n) is 5.09. The Labute approximate surface area is 97.8 Å². The van der Waals surface area contributed by atoms with Crippen LogP contribution in [0.4, 0.5) is 18.9 Å². The van der Waals surface area contributed by atoms with Crippen LogP contribution in [0.3, 0.4) is 0 Å². The topological polar surface area (TPSA) is 29.1 Å². The number of carbonyl (C=O) groups excluding carboxylic acids is 1. The van der Waals surface area contributed by atoms with Gasteiger partial charge in [-0.05, 0) is 23.1 Å². The van der Waals surface area contributed by atoms with Crippen LogP contribution in [0, 0.1) is 0 Å². The van der Waals surface area contributed by atoms with Crippen molar-refractivity contribution >= 4 is 11.6 Å². The summed E-state index contributed by atoms with van der Waals surface area (Å²) in [4.78, 5) is 10.8. The van der Waals surface area contributed by atoms with E-state index in [4.69, 9.17) is 0 Å². The van der Waals surface area contributed by atoms with E-state index in [1.54, 1.807) is 12.1 Å². The van der Waals surface area contributed by atoms with Gasteiger partial charge in [-0.3, -0.25) is 4.79 Å². The Morgan fingerprint density at radius 2 is 1.76 bits per heavy atom. The summed E-state index contributed by atoms with van der Waals surface area (Å²) in [6.07, 6.45) is -4.86. The van der Waals surface area contributed by atoms with Crippen molar-refractivity contribution in [1.82, 2.24) is 0 Å². The van der Waals surface area contributed by atoms with Gasteiger partial charge < -0.3 is 5.32 Å². The molecule has 0 atom stereocenters. The number of hydrogen-bond donors (Lipinski definition) is 1. The normalized spacial score (nSPS) is 12.4. The van der Waals surface area contributed by atoms with Gasteiger partial charge in [-0.2, -0.15) is 13.2 Å². The molecule has 1 amide bonds. The van der Waals surface area contributed by atoms with Crippen molar-refractivity contribution in [3.8, 4) is 0 Å². The fraction of sp³-hybridized carbons (Fsp3) is 0.417. The highest BCUT2D eigenvalue weighted by Gasteiger charge is 2.38. The van der Waals surface area contributed by atoms with Crippen molar-refractivity contribution in [2.75, 3.05) is 5.32 Å². The van der Waals surface area contributed by atoms with Gasteiger partial charge in [-0.15, -0.1) is 0 Å². The van der Waals surface area contributed by atoms with E-state index in [-0.39, 0.29) is 11.1 Å². The molecule has 5 heteroatoms. The molecular formula is C12H14F3NO. The molecule has 1 aromatic rings. The van der Waals surface area contributed by atoms with E-state index >= 15 is 0 Å². The third-order valence-corrected chi connectivity index (χ3v) is 2.24. The monoisotopic (exact) mass is 245 g/mol. The van der Waals surface area contributed by atoms with Crippen molar-refractivity contribution in [3.05, 3.63) is 29.8 Å². The maximum absolute atomic E-state index is 12.1. The van der Waals surface area contributed by atoms with Crippen LogP contribution in [-0.4, -0.2) is 12.1 Å². The number of anilines is 1. The fourth-order valence-electron chi connectivity index (χ4n) is 1.27. The average molecular weight is 245 g/mol. The number of nitrogens with one attached hydrogen (secondary N) is 1. The fourth-order valence-corrected chi connectivity index (χ4v) is 1.27. The number of benzene rings is 1. The molecule has 0 aliphatic carbocycles. The van der Waals surface area contributed by atoms with Crippen LogP contribution in [-0.2, 0) is 10.2 Å². The van der Waals surface area contributed by atoms with E-state index in [0.717, 1.165) is 5.56 Å². The summed E-state index contributed by atoms with van der Waals surface area (Å²) in [5.74, 6) is -1.96. The zero-order valence-corrected chi connectivity index (χ0v) is 9.85. The highest BCUT2D eigenvalue weighted by atomic mass is 19.4.